The molecule has 0 bridgehead atoms. The Labute approximate surface area is 160 Å². The molecule has 29 heavy (non-hydrogen) atoms. The van der Waals surface area contributed by atoms with Crippen LogP contribution in [0.1, 0.15) is 26.4 Å². The van der Waals surface area contributed by atoms with Gasteiger partial charge < -0.3 is 20.7 Å². The van der Waals surface area contributed by atoms with E-state index in [0.29, 0.717) is 11.1 Å². The average Bonchev–Trinajstić information content (AvgIpc) is 3.06. The van der Waals surface area contributed by atoms with Gasteiger partial charge in [-0.3, -0.25) is 9.59 Å². The fourth-order valence-electron chi connectivity index (χ4n) is 2.62. The van der Waals surface area contributed by atoms with Crippen molar-refractivity contribution in [3.05, 3.63) is 41.5 Å². The molecule has 156 valence electrons. The molecule has 1 atom stereocenters. The number of benzene rings is 1. The molecule has 3 rings (SSSR count). The summed E-state index contributed by atoms with van der Waals surface area (Å²) in [6, 6.07) is 1.40. The van der Waals surface area contributed by atoms with Crippen LogP contribution in [0, 0.1) is 0 Å². The van der Waals surface area contributed by atoms with Gasteiger partial charge in [-0.15, -0.1) is 4.83 Å². The molecule has 2 heterocycles. The van der Waals surface area contributed by atoms with Crippen LogP contribution in [0.25, 0.3) is 5.69 Å². The molecule has 1 aromatic heterocycles. The van der Waals surface area contributed by atoms with E-state index >= 15 is 0 Å². The summed E-state index contributed by atoms with van der Waals surface area (Å²) in [5, 5.41) is 12.4. The number of hydrazine groups is 1. The number of aliphatic hydroxyl groups excluding tert-OH is 1. The third kappa shape index (κ3) is 4.01. The zero-order valence-corrected chi connectivity index (χ0v) is 15.2. The molecule has 0 aliphatic carbocycles. The molecule has 5 N–H and O–H groups in total. The number of hydrogen-bond donors (Lipinski definition) is 4. The Kier molecular flexibility index (Phi) is 4.76. The lowest BCUT2D eigenvalue weighted by Crippen LogP contribution is -2.57. The van der Waals surface area contributed by atoms with Crippen molar-refractivity contribution < 1.29 is 36.3 Å². The zero-order valence-electron chi connectivity index (χ0n) is 14.4. The van der Waals surface area contributed by atoms with Gasteiger partial charge in [-0.1, -0.05) is 0 Å². The number of carbonyl (C=O) groups is 2. The molecular formula is C14H13F3N6O5S. The minimum absolute atomic E-state index is 0.303. The maximum absolute atomic E-state index is 13.6. The second-order valence-corrected chi connectivity index (χ2v) is 7.73. The number of fused-ring (bicyclic) bond motifs is 1. The molecule has 11 nitrogen and oxygen atoms in total. The van der Waals surface area contributed by atoms with Crippen LogP contribution in [0.4, 0.5) is 18.9 Å². The summed E-state index contributed by atoms with van der Waals surface area (Å²) in [5.41, 5.74) is 2.22. The number of halogens is 3. The third-order valence-corrected chi connectivity index (χ3v) is 4.33. The van der Waals surface area contributed by atoms with Gasteiger partial charge in [-0.2, -0.15) is 13.2 Å². The van der Waals surface area contributed by atoms with Crippen LogP contribution in [0.5, 0.6) is 0 Å². The molecule has 0 fully saturated rings. The number of amides is 2. The molecule has 2 aromatic rings. The number of imidazole rings is 1. The molecular weight excluding hydrogens is 421 g/mol. The Morgan fingerprint density at radius 2 is 2.03 bits per heavy atom. The smallest absolute Gasteiger partial charge is 0.364 e. The minimum atomic E-state index is -4.88. The first-order chi connectivity index (χ1) is 13.3. The summed E-state index contributed by atoms with van der Waals surface area (Å²) in [4.78, 5) is 29.1. The monoisotopic (exact) mass is 434 g/mol. The van der Waals surface area contributed by atoms with Crippen LogP contribution >= 0.6 is 0 Å². The highest BCUT2D eigenvalue weighted by atomic mass is 32.2. The first-order valence-electron chi connectivity index (χ1n) is 7.63. The average molecular weight is 434 g/mol. The van der Waals surface area contributed by atoms with Crippen molar-refractivity contribution in [3.8, 4) is 5.69 Å². The van der Waals surface area contributed by atoms with Crippen LogP contribution in [0.3, 0.4) is 0 Å². The van der Waals surface area contributed by atoms with Crippen molar-refractivity contribution in [2.45, 2.75) is 12.5 Å². The first kappa shape index (κ1) is 20.6. The van der Waals surface area contributed by atoms with Gasteiger partial charge in [0.2, 0.25) is 16.4 Å². The molecule has 0 saturated carbocycles. The predicted octanol–water partition coefficient (Wildman–Crippen LogP) is -0.402. The van der Waals surface area contributed by atoms with Gasteiger partial charge in [-0.05, 0) is 12.1 Å². The number of rotatable bonds is 4. The highest BCUT2D eigenvalue weighted by molar-refractivity contribution is 7.88. The fraction of sp³-hybridized carbons (Fsp3) is 0.214. The largest absolute Gasteiger partial charge is 0.418 e. The maximum Gasteiger partial charge on any atom is 0.418 e. The fourth-order valence-corrected chi connectivity index (χ4v) is 3.16. The first-order valence-corrected chi connectivity index (χ1v) is 9.52. The van der Waals surface area contributed by atoms with E-state index in [2.05, 4.69) is 10.3 Å². The summed E-state index contributed by atoms with van der Waals surface area (Å²) in [6.45, 7) is 0. The zero-order chi connectivity index (χ0) is 21.7. The SMILES string of the molecule is CS(=O)(=O)NN1C(=O)c2cc(-n3cnc(C(N)=O)c3)c(C(F)(F)F)cc2NC1O. The van der Waals surface area contributed by atoms with Crippen LogP contribution in [0.2, 0.25) is 0 Å². The Balaban J connectivity index is 2.18. The molecule has 0 saturated heterocycles. The second kappa shape index (κ2) is 6.71. The van der Waals surface area contributed by atoms with Crippen molar-refractivity contribution in [2.24, 2.45) is 5.73 Å². The number of nitrogens with two attached hydrogens (primary N) is 1. The highest BCUT2D eigenvalue weighted by Gasteiger charge is 2.39. The standard InChI is InChI=1S/C14H13F3N6O5S/c1-29(27,28)21-23-12(25)6-2-10(22-4-9(11(18)24)19-5-22)7(14(15,16)17)3-8(6)20-13(23)26/h2-5,13,20-21,26H,1H3,(H2,18,24). The quantitative estimate of drug-likeness (QED) is 0.509. The lowest BCUT2D eigenvalue weighted by atomic mass is 10.0. The Hall–Kier alpha value is -3.17. The number of aliphatic hydroxyl groups is 1. The van der Waals surface area contributed by atoms with Gasteiger partial charge in [0.15, 0.2) is 0 Å². The van der Waals surface area contributed by atoms with Gasteiger partial charge in [-0.25, -0.2) is 18.4 Å². The second-order valence-electron chi connectivity index (χ2n) is 6.00. The normalized spacial score (nSPS) is 17.1. The topological polar surface area (TPSA) is 160 Å². The Morgan fingerprint density at radius 3 is 2.55 bits per heavy atom. The number of anilines is 1. The summed E-state index contributed by atoms with van der Waals surface area (Å²) >= 11 is 0. The van der Waals surface area contributed by atoms with Gasteiger partial charge in [0.25, 0.3) is 11.8 Å². The molecule has 1 unspecified atom stereocenters. The van der Waals surface area contributed by atoms with E-state index in [1.807, 2.05) is 0 Å². The van der Waals surface area contributed by atoms with Gasteiger partial charge in [0.05, 0.1) is 28.8 Å². The van der Waals surface area contributed by atoms with Crippen molar-refractivity contribution >= 4 is 27.5 Å². The number of nitrogens with one attached hydrogen (secondary N) is 2. The van der Waals surface area contributed by atoms with Crippen LogP contribution in [-0.4, -0.2) is 52.5 Å². The van der Waals surface area contributed by atoms with Crippen molar-refractivity contribution in [2.75, 3.05) is 11.6 Å². The van der Waals surface area contributed by atoms with Crippen molar-refractivity contribution in [1.29, 1.82) is 0 Å². The van der Waals surface area contributed by atoms with Gasteiger partial charge in [0, 0.05) is 6.20 Å². The minimum Gasteiger partial charge on any atom is -0.364 e. The lowest BCUT2D eigenvalue weighted by Gasteiger charge is -2.34. The van der Waals surface area contributed by atoms with Crippen molar-refractivity contribution in [1.82, 2.24) is 19.4 Å². The summed E-state index contributed by atoms with van der Waals surface area (Å²) in [7, 11) is -3.98. The summed E-state index contributed by atoms with van der Waals surface area (Å²) in [5.74, 6) is -2.08. The molecule has 15 heteroatoms. The number of hydrogen-bond acceptors (Lipinski definition) is 7. The van der Waals surface area contributed by atoms with E-state index in [1.165, 1.54) is 0 Å². The maximum atomic E-state index is 13.6. The Morgan fingerprint density at radius 1 is 1.38 bits per heavy atom. The molecule has 0 spiro atoms. The van der Waals surface area contributed by atoms with Gasteiger partial charge >= 0.3 is 6.18 Å². The number of aromatic nitrogens is 2. The van der Waals surface area contributed by atoms with E-state index in [0.717, 1.165) is 29.4 Å². The van der Waals surface area contributed by atoms with E-state index in [-0.39, 0.29) is 16.9 Å². The van der Waals surface area contributed by atoms with Gasteiger partial charge in [0.1, 0.15) is 12.0 Å². The third-order valence-electron chi connectivity index (χ3n) is 3.80. The van der Waals surface area contributed by atoms with E-state index in [9.17, 15) is 36.3 Å². The molecule has 2 amide bonds. The van der Waals surface area contributed by atoms with E-state index < -0.39 is 45.6 Å². The number of carbonyl (C=O) groups excluding carboxylic acids is 2. The number of primary amides is 1. The van der Waals surface area contributed by atoms with E-state index in [4.69, 9.17) is 5.73 Å². The summed E-state index contributed by atoms with van der Waals surface area (Å²) in [6.07, 6.45) is -4.26. The van der Waals surface area contributed by atoms with Crippen molar-refractivity contribution in [3.63, 3.8) is 0 Å². The number of sulfonamides is 1. The molecule has 1 aromatic carbocycles. The van der Waals surface area contributed by atoms with Crippen LogP contribution in [0.15, 0.2) is 24.7 Å². The molecule has 1 aliphatic rings. The Bertz CT molecular complexity index is 1110. The number of nitrogens with zero attached hydrogens (tertiary/aromatic N) is 3. The summed E-state index contributed by atoms with van der Waals surface area (Å²) < 4.78 is 64.3. The number of alkyl halides is 3. The highest BCUT2D eigenvalue weighted by Crippen LogP contribution is 2.38. The van der Waals surface area contributed by atoms with Crippen LogP contribution in [-0.2, 0) is 16.2 Å². The molecule has 0 radical (unpaired) electrons. The van der Waals surface area contributed by atoms with Crippen LogP contribution < -0.4 is 15.9 Å². The van der Waals surface area contributed by atoms with E-state index in [1.54, 1.807) is 4.83 Å². The predicted molar refractivity (Wildman–Crippen MR) is 90.9 cm³/mol. The lowest BCUT2D eigenvalue weighted by molar-refractivity contribution is -0.137. The molecule has 1 aliphatic heterocycles.